The van der Waals surface area contributed by atoms with Gasteiger partial charge in [0, 0.05) is 6.04 Å². The van der Waals surface area contributed by atoms with Crippen molar-refractivity contribution < 1.29 is 9.53 Å². The first-order chi connectivity index (χ1) is 9.32. The molecular formula is C16H24N2O2. The van der Waals surface area contributed by atoms with Crippen LogP contribution in [-0.2, 0) is 4.79 Å². The van der Waals surface area contributed by atoms with Crippen LogP contribution in [0.3, 0.4) is 0 Å². The highest BCUT2D eigenvalue weighted by Gasteiger charge is 2.38. The number of hydrogen-bond donors (Lipinski definition) is 2. The third-order valence-electron chi connectivity index (χ3n) is 3.75. The van der Waals surface area contributed by atoms with E-state index in [0.29, 0.717) is 6.04 Å². The van der Waals surface area contributed by atoms with Crippen LogP contribution in [0.25, 0.3) is 0 Å². The Morgan fingerprint density at radius 2 is 1.90 bits per heavy atom. The van der Waals surface area contributed by atoms with Crippen molar-refractivity contribution in [3.63, 3.8) is 0 Å². The maximum Gasteiger partial charge on any atom is 0.240 e. The van der Waals surface area contributed by atoms with Gasteiger partial charge in [0.05, 0.1) is 0 Å². The van der Waals surface area contributed by atoms with E-state index in [4.69, 9.17) is 10.5 Å². The zero-order valence-electron chi connectivity index (χ0n) is 12.7. The third kappa shape index (κ3) is 3.31. The van der Waals surface area contributed by atoms with Crippen LogP contribution < -0.4 is 15.8 Å². The smallest absolute Gasteiger partial charge is 0.240 e. The number of carbonyl (C=O) groups is 1. The van der Waals surface area contributed by atoms with Crippen LogP contribution in [0.4, 0.5) is 0 Å². The lowest BCUT2D eigenvalue weighted by atomic mass is 10.0. The van der Waals surface area contributed by atoms with E-state index in [2.05, 4.69) is 24.4 Å². The number of benzene rings is 1. The highest BCUT2D eigenvalue weighted by Crippen LogP contribution is 2.27. The van der Waals surface area contributed by atoms with Crippen molar-refractivity contribution in [2.24, 2.45) is 5.73 Å². The minimum atomic E-state index is -0.815. The fraction of sp³-hybridized carbons (Fsp3) is 0.562. The van der Waals surface area contributed by atoms with Gasteiger partial charge in [0.1, 0.15) is 17.9 Å². The van der Waals surface area contributed by atoms with Gasteiger partial charge in [-0.05, 0) is 51.7 Å². The van der Waals surface area contributed by atoms with Gasteiger partial charge in [0.25, 0.3) is 0 Å². The summed E-state index contributed by atoms with van der Waals surface area (Å²) in [6.45, 7) is 8.17. The Balaban J connectivity index is 2.11. The quantitative estimate of drug-likeness (QED) is 0.835. The van der Waals surface area contributed by atoms with Gasteiger partial charge >= 0.3 is 0 Å². The lowest BCUT2D eigenvalue weighted by Gasteiger charge is -2.28. The molecular weight excluding hydrogens is 252 g/mol. The molecule has 1 aromatic rings. The summed E-state index contributed by atoms with van der Waals surface area (Å²) in [5.41, 5.74) is 8.09. The average Bonchev–Trinajstić information content (AvgIpc) is 3.11. The van der Waals surface area contributed by atoms with Gasteiger partial charge < -0.3 is 10.5 Å². The molecule has 3 N–H and O–H groups in total. The first-order valence-electron chi connectivity index (χ1n) is 7.10. The summed E-state index contributed by atoms with van der Waals surface area (Å²) >= 11 is 0. The topological polar surface area (TPSA) is 64.3 Å². The van der Waals surface area contributed by atoms with E-state index >= 15 is 0 Å². The zero-order valence-corrected chi connectivity index (χ0v) is 12.7. The molecule has 1 amide bonds. The lowest BCUT2D eigenvalue weighted by molar-refractivity contribution is -0.125. The normalized spacial score (nSPS) is 17.6. The second kappa shape index (κ2) is 5.44. The van der Waals surface area contributed by atoms with Gasteiger partial charge in [-0.25, -0.2) is 0 Å². The number of amides is 1. The minimum absolute atomic E-state index is 0.254. The van der Waals surface area contributed by atoms with E-state index in [1.807, 2.05) is 20.8 Å². The maximum atomic E-state index is 11.7. The predicted octanol–water partition coefficient (Wildman–Crippen LogP) is 1.99. The Morgan fingerprint density at radius 3 is 2.35 bits per heavy atom. The summed E-state index contributed by atoms with van der Waals surface area (Å²) in [5, 5.41) is 3.29. The highest BCUT2D eigenvalue weighted by atomic mass is 16.5. The zero-order chi connectivity index (χ0) is 14.9. The van der Waals surface area contributed by atoms with Gasteiger partial charge in [-0.1, -0.05) is 17.7 Å². The van der Waals surface area contributed by atoms with Crippen LogP contribution in [0.1, 0.15) is 36.5 Å². The molecule has 0 heterocycles. The van der Waals surface area contributed by atoms with Crippen molar-refractivity contribution in [3.05, 3.63) is 28.8 Å². The molecule has 2 rings (SSSR count). The van der Waals surface area contributed by atoms with Crippen LogP contribution in [-0.4, -0.2) is 24.1 Å². The van der Waals surface area contributed by atoms with Crippen molar-refractivity contribution in [3.8, 4) is 5.75 Å². The molecule has 4 heteroatoms. The van der Waals surface area contributed by atoms with Gasteiger partial charge in [-0.15, -0.1) is 0 Å². The second-order valence-electron chi connectivity index (χ2n) is 6.13. The van der Waals surface area contributed by atoms with Crippen molar-refractivity contribution in [1.29, 1.82) is 0 Å². The van der Waals surface area contributed by atoms with Gasteiger partial charge in [-0.3, -0.25) is 10.1 Å². The molecule has 1 fully saturated rings. The van der Waals surface area contributed by atoms with E-state index in [0.717, 1.165) is 29.7 Å². The Kier molecular flexibility index (Phi) is 4.04. The van der Waals surface area contributed by atoms with Crippen molar-refractivity contribution in [2.45, 2.75) is 52.1 Å². The van der Waals surface area contributed by atoms with Gasteiger partial charge in [0.15, 0.2) is 0 Å². The third-order valence-corrected chi connectivity index (χ3v) is 3.75. The summed E-state index contributed by atoms with van der Waals surface area (Å²) < 4.78 is 5.91. The number of carbonyl (C=O) groups excluding carboxylic acids is 1. The number of primary amides is 1. The molecule has 1 aliphatic carbocycles. The molecule has 0 radical (unpaired) electrons. The fourth-order valence-electron chi connectivity index (χ4n) is 2.47. The van der Waals surface area contributed by atoms with Crippen LogP contribution in [0.15, 0.2) is 12.1 Å². The van der Waals surface area contributed by atoms with Gasteiger partial charge in [-0.2, -0.15) is 0 Å². The fourth-order valence-corrected chi connectivity index (χ4v) is 2.47. The molecule has 1 unspecified atom stereocenters. The molecule has 4 nitrogen and oxygen atoms in total. The Morgan fingerprint density at radius 1 is 1.35 bits per heavy atom. The Bertz CT molecular complexity index is 500. The Labute approximate surface area is 120 Å². The number of hydrogen-bond acceptors (Lipinski definition) is 3. The number of ether oxygens (including phenoxy) is 1. The van der Waals surface area contributed by atoms with Crippen molar-refractivity contribution in [2.75, 3.05) is 6.61 Å². The molecule has 1 aromatic carbocycles. The Hall–Kier alpha value is -1.55. The first-order valence-corrected chi connectivity index (χ1v) is 7.10. The molecule has 20 heavy (non-hydrogen) atoms. The number of nitrogens with two attached hydrogens (primary N) is 1. The van der Waals surface area contributed by atoms with Gasteiger partial charge in [0.2, 0.25) is 5.91 Å². The second-order valence-corrected chi connectivity index (χ2v) is 6.13. The first kappa shape index (κ1) is 14.9. The van der Waals surface area contributed by atoms with E-state index in [1.54, 1.807) is 0 Å². The van der Waals surface area contributed by atoms with Crippen LogP contribution in [0, 0.1) is 20.8 Å². The van der Waals surface area contributed by atoms with Crippen molar-refractivity contribution >= 4 is 5.91 Å². The van der Waals surface area contributed by atoms with Crippen LogP contribution in [0.2, 0.25) is 0 Å². The molecule has 0 bridgehead atoms. The molecule has 1 aliphatic rings. The van der Waals surface area contributed by atoms with Crippen LogP contribution in [0.5, 0.6) is 5.75 Å². The molecule has 1 atom stereocenters. The predicted molar refractivity (Wildman–Crippen MR) is 79.9 cm³/mol. The molecule has 0 saturated heterocycles. The average molecular weight is 276 g/mol. The van der Waals surface area contributed by atoms with Crippen molar-refractivity contribution in [1.82, 2.24) is 5.32 Å². The molecule has 0 spiro atoms. The SMILES string of the molecule is Cc1cc(C)c(OCC(C)(NC2CC2)C(N)=O)c(C)c1. The summed E-state index contributed by atoms with van der Waals surface area (Å²) in [5.74, 6) is 0.479. The molecule has 110 valence electrons. The van der Waals surface area contributed by atoms with E-state index in [9.17, 15) is 4.79 Å². The van der Waals surface area contributed by atoms with E-state index < -0.39 is 5.54 Å². The number of rotatable bonds is 6. The van der Waals surface area contributed by atoms with E-state index in [1.165, 1.54) is 5.56 Å². The molecule has 0 aromatic heterocycles. The highest BCUT2D eigenvalue weighted by molar-refractivity contribution is 5.84. The number of nitrogens with one attached hydrogen (secondary N) is 1. The molecule has 1 saturated carbocycles. The maximum absolute atomic E-state index is 11.7. The standard InChI is InChI=1S/C16H24N2O2/c1-10-7-11(2)14(12(3)8-10)20-9-16(4,15(17)19)18-13-5-6-13/h7-8,13,18H,5-6,9H2,1-4H3,(H2,17,19). The lowest BCUT2D eigenvalue weighted by Crippen LogP contribution is -2.57. The molecule has 0 aliphatic heterocycles. The summed E-state index contributed by atoms with van der Waals surface area (Å²) in [7, 11) is 0. The number of aryl methyl sites for hydroxylation is 3. The largest absolute Gasteiger partial charge is 0.491 e. The monoisotopic (exact) mass is 276 g/mol. The van der Waals surface area contributed by atoms with Crippen LogP contribution >= 0.6 is 0 Å². The van der Waals surface area contributed by atoms with E-state index in [-0.39, 0.29) is 12.5 Å². The summed E-state index contributed by atoms with van der Waals surface area (Å²) in [6, 6.07) is 4.56. The summed E-state index contributed by atoms with van der Waals surface area (Å²) in [6.07, 6.45) is 2.21. The minimum Gasteiger partial charge on any atom is -0.491 e. The summed E-state index contributed by atoms with van der Waals surface area (Å²) in [4.78, 5) is 11.7.